The highest BCUT2D eigenvalue weighted by molar-refractivity contribution is 7.80. The average Bonchev–Trinajstić information content (AvgIpc) is 3.53. The lowest BCUT2D eigenvalue weighted by atomic mass is 9.43. The highest BCUT2D eigenvalue weighted by Crippen LogP contribution is 2.68. The van der Waals surface area contributed by atoms with Crippen molar-refractivity contribution in [3.05, 3.63) is 46.3 Å². The lowest BCUT2D eigenvalue weighted by molar-refractivity contribution is -0.252. The molecule has 3 aliphatic carbocycles. The van der Waals surface area contributed by atoms with Crippen LogP contribution >= 0.6 is 32.9 Å². The van der Waals surface area contributed by atoms with Crippen molar-refractivity contribution < 1.29 is 47.7 Å². The first-order valence-electron chi connectivity index (χ1n) is 16.4. The Kier molecular flexibility index (Phi) is 9.57. The number of esters is 4. The number of hydrogen-bond donors (Lipinski definition) is 0. The number of hydrogen-bond acceptors (Lipinski definition) is 13. The molecule has 0 N–H and O–H groups in total. The molecule has 2 bridgehead atoms. The van der Waals surface area contributed by atoms with E-state index in [2.05, 4.69) is 6.58 Å². The first-order chi connectivity index (χ1) is 23.2. The fourth-order valence-electron chi connectivity index (χ4n) is 8.93. The maximum absolute atomic E-state index is 14.2. The highest BCUT2D eigenvalue weighted by Gasteiger charge is 2.79. The van der Waals surface area contributed by atoms with Crippen LogP contribution in [-0.2, 0) is 43.0 Å². The van der Waals surface area contributed by atoms with E-state index >= 15 is 0 Å². The molecular weight excluding hydrogens is 689 g/mol. The van der Waals surface area contributed by atoms with Crippen LogP contribution in [0.15, 0.2) is 42.5 Å². The van der Waals surface area contributed by atoms with E-state index in [4.69, 9.17) is 31.2 Å². The van der Waals surface area contributed by atoms with Gasteiger partial charge < -0.3 is 23.7 Å². The number of ketones is 1. The number of benzene rings is 1. The Hall–Kier alpha value is -3.55. The van der Waals surface area contributed by atoms with Crippen LogP contribution in [0.2, 0.25) is 0 Å². The number of aldehydes is 1. The highest BCUT2D eigenvalue weighted by atomic mass is 32.9. The summed E-state index contributed by atoms with van der Waals surface area (Å²) in [6.07, 6.45) is 0.436. The normalized spacial score (nSPS) is 31.4. The first-order valence-corrected chi connectivity index (χ1v) is 19.0. The van der Waals surface area contributed by atoms with E-state index in [0.717, 1.165) is 20.6 Å². The molecule has 260 valence electrons. The van der Waals surface area contributed by atoms with Crippen LogP contribution in [0.25, 0.3) is 10.4 Å². The van der Waals surface area contributed by atoms with Crippen molar-refractivity contribution in [1.29, 1.82) is 0 Å². The van der Waals surface area contributed by atoms with Crippen molar-refractivity contribution in [2.24, 2.45) is 34.0 Å². The summed E-state index contributed by atoms with van der Waals surface area (Å²) in [6, 6.07) is 8.99. The van der Waals surface area contributed by atoms with E-state index in [9.17, 15) is 28.8 Å². The molecule has 2 spiro atoms. The third kappa shape index (κ3) is 5.91. The standard InChI is InChI=1S/C36H38O10S3/c1-19-23-12-13-25-35(26(17-37)34(3,4)15-14-27(35)44-20(2)38)18-43-33(42)36(25,31(19)41)32(23)46-29(40)7-5-6-28(39)45-22-10-8-21(9-11-22)24-16-30(47)49-48-24/h8-11,16-17,23,25-27,32H,1,5-7,12-15,18H2,2-4H3/t23-,25-,26+,27-,32+,35-,36-/m0/s1. The molecule has 0 radical (unpaired) electrons. The molecule has 4 aliphatic rings. The third-order valence-electron chi connectivity index (χ3n) is 11.1. The van der Waals surface area contributed by atoms with Gasteiger partial charge in [-0.25, -0.2) is 0 Å². The summed E-state index contributed by atoms with van der Waals surface area (Å²) in [5.74, 6) is -4.91. The first kappa shape index (κ1) is 35.3. The summed E-state index contributed by atoms with van der Waals surface area (Å²) in [5.41, 5.74) is -2.55. The Labute approximate surface area is 296 Å². The lowest BCUT2D eigenvalue weighted by Crippen LogP contribution is -2.71. The third-order valence-corrected chi connectivity index (χ3v) is 14.0. The molecule has 10 nitrogen and oxygen atoms in total. The molecule has 2 heterocycles. The van der Waals surface area contributed by atoms with Crippen molar-refractivity contribution in [3.63, 3.8) is 0 Å². The van der Waals surface area contributed by atoms with Crippen LogP contribution in [0, 0.1) is 37.8 Å². The second-order valence-corrected chi connectivity index (χ2v) is 17.1. The summed E-state index contributed by atoms with van der Waals surface area (Å²) in [7, 11) is 3.09. The summed E-state index contributed by atoms with van der Waals surface area (Å²) < 4.78 is 23.9. The second kappa shape index (κ2) is 13.3. The predicted octanol–water partition coefficient (Wildman–Crippen LogP) is 6.46. The van der Waals surface area contributed by atoms with E-state index in [0.29, 0.717) is 31.4 Å². The maximum atomic E-state index is 14.2. The Morgan fingerprint density at radius 1 is 1.04 bits per heavy atom. The van der Waals surface area contributed by atoms with Gasteiger partial charge in [0.2, 0.25) is 0 Å². The number of Topliss-reactive ketones (excluding diaryl/α,β-unsaturated/α-hetero) is 1. The molecule has 13 heteroatoms. The Balaban J connectivity index is 1.18. The summed E-state index contributed by atoms with van der Waals surface area (Å²) in [4.78, 5) is 80.3. The van der Waals surface area contributed by atoms with Gasteiger partial charge in [-0.3, -0.25) is 24.0 Å². The molecule has 1 aromatic heterocycles. The molecular formula is C36H38O10S3. The Morgan fingerprint density at radius 3 is 2.41 bits per heavy atom. The Morgan fingerprint density at radius 2 is 1.76 bits per heavy atom. The number of fused-ring (bicyclic) bond motifs is 2. The molecule has 3 saturated carbocycles. The number of cyclic esters (lactones) is 1. The Bertz CT molecular complexity index is 1770. The molecule has 49 heavy (non-hydrogen) atoms. The van der Waals surface area contributed by atoms with Gasteiger partial charge in [0.1, 0.15) is 34.7 Å². The number of ether oxygens (including phenoxy) is 4. The van der Waals surface area contributed by atoms with Crippen molar-refractivity contribution in [3.8, 4) is 16.2 Å². The van der Waals surface area contributed by atoms with Crippen LogP contribution in [0.4, 0.5) is 0 Å². The predicted molar refractivity (Wildman–Crippen MR) is 182 cm³/mol. The molecule has 7 atom stereocenters. The second-order valence-electron chi connectivity index (χ2n) is 14.1. The van der Waals surface area contributed by atoms with Crippen molar-refractivity contribution in [2.75, 3.05) is 6.61 Å². The quantitative estimate of drug-likeness (QED) is 0.0412. The summed E-state index contributed by atoms with van der Waals surface area (Å²) in [5, 5.41) is 0. The van der Waals surface area contributed by atoms with Crippen LogP contribution in [0.3, 0.4) is 0 Å². The van der Waals surface area contributed by atoms with Gasteiger partial charge in [0.25, 0.3) is 0 Å². The van der Waals surface area contributed by atoms with Gasteiger partial charge in [-0.05, 0) is 84.9 Å². The zero-order valence-corrected chi connectivity index (χ0v) is 30.0. The van der Waals surface area contributed by atoms with Crippen LogP contribution in [-0.4, -0.2) is 54.8 Å². The largest absolute Gasteiger partial charge is 0.464 e. The van der Waals surface area contributed by atoms with Gasteiger partial charge >= 0.3 is 23.9 Å². The van der Waals surface area contributed by atoms with E-state index in [-0.39, 0.29) is 31.4 Å². The van der Waals surface area contributed by atoms with Gasteiger partial charge in [0.15, 0.2) is 11.2 Å². The van der Waals surface area contributed by atoms with E-state index in [1.165, 1.54) is 17.3 Å². The number of carbonyl (C=O) groups excluding carboxylic acids is 6. The van der Waals surface area contributed by atoms with Gasteiger partial charge in [-0.15, -0.1) is 0 Å². The average molecular weight is 727 g/mol. The van der Waals surface area contributed by atoms with Crippen molar-refractivity contribution >= 4 is 68.8 Å². The minimum Gasteiger partial charge on any atom is -0.464 e. The molecule has 2 aromatic rings. The van der Waals surface area contributed by atoms with E-state index < -0.39 is 75.9 Å². The van der Waals surface area contributed by atoms with Gasteiger partial charge in [-0.1, -0.05) is 53.3 Å². The van der Waals surface area contributed by atoms with Crippen LogP contribution in [0.1, 0.15) is 65.7 Å². The summed E-state index contributed by atoms with van der Waals surface area (Å²) >= 11 is 5.20. The lowest BCUT2D eigenvalue weighted by Gasteiger charge is -2.62. The molecule has 6 rings (SSSR count). The fourth-order valence-corrected chi connectivity index (χ4v) is 11.3. The zero-order chi connectivity index (χ0) is 35.3. The van der Waals surface area contributed by atoms with Gasteiger partial charge in [-0.2, -0.15) is 0 Å². The van der Waals surface area contributed by atoms with Crippen molar-refractivity contribution in [1.82, 2.24) is 0 Å². The van der Waals surface area contributed by atoms with E-state index in [1.807, 2.05) is 32.0 Å². The van der Waals surface area contributed by atoms with Gasteiger partial charge in [0.05, 0.1) is 5.41 Å². The molecule has 0 unspecified atom stereocenters. The molecule has 1 saturated heterocycles. The van der Waals surface area contributed by atoms with Gasteiger partial charge in [0, 0.05) is 36.5 Å². The van der Waals surface area contributed by atoms with Crippen molar-refractivity contribution in [2.45, 2.75) is 77.9 Å². The molecule has 1 aliphatic heterocycles. The zero-order valence-electron chi connectivity index (χ0n) is 27.5. The minimum absolute atomic E-state index is 0.0679. The number of carbonyl (C=O) groups is 6. The maximum Gasteiger partial charge on any atom is 0.324 e. The monoisotopic (exact) mass is 726 g/mol. The minimum atomic E-state index is -1.93. The SMILES string of the molecule is C=C1C(=O)[C@@]23C(=O)OC[C@]4([C@@H](OC(C)=O)CCC(C)(C)[C@H]4C=O)[C@@H]2CC[C@@H]1[C@H]3OC(=O)CCCC(=O)Oc1ccc(-c2cc(=S)ss2)cc1. The summed E-state index contributed by atoms with van der Waals surface area (Å²) in [6.45, 7) is 8.98. The molecule has 4 fully saturated rings. The topological polar surface area (TPSA) is 139 Å². The fraction of sp³-hybridized carbons (Fsp3) is 0.528. The molecule has 0 amide bonds. The molecule has 1 aromatic carbocycles. The number of rotatable bonds is 9. The van der Waals surface area contributed by atoms with Crippen LogP contribution in [0.5, 0.6) is 5.75 Å². The smallest absolute Gasteiger partial charge is 0.324 e. The van der Waals surface area contributed by atoms with Crippen LogP contribution < -0.4 is 4.74 Å². The van der Waals surface area contributed by atoms with E-state index in [1.54, 1.807) is 22.5 Å².